The number of nitrogens with one attached hydrogen (secondary N) is 2. The van der Waals surface area contributed by atoms with Crippen molar-refractivity contribution in [2.75, 3.05) is 50.1 Å². The predicted octanol–water partition coefficient (Wildman–Crippen LogP) is 4.80. The minimum Gasteiger partial charge on any atom is -0.507 e. The summed E-state index contributed by atoms with van der Waals surface area (Å²) in [7, 11) is 3.68. The molecule has 196 valence electrons. The number of amides is 1. The molecule has 0 aliphatic carbocycles. The number of aromatic nitrogens is 2. The summed E-state index contributed by atoms with van der Waals surface area (Å²) in [4.78, 5) is 24.7. The van der Waals surface area contributed by atoms with Gasteiger partial charge in [-0.3, -0.25) is 9.69 Å². The standard InChI is InChI=1S/C28H28ClFN6O2/c1-34(2)9-10-36(17-37)25-4-3-18(11-23(25)29)21-14-20(30)15-22(28(21)38)19-12-24-27(33-16-32-24)26(13-19)35-7-5-31-6-8-35/h3-4,9-17,31,38H,5-8H2,1-2H3,(H,32,33)/b10-9-. The van der Waals surface area contributed by atoms with Gasteiger partial charge in [0, 0.05) is 63.8 Å². The van der Waals surface area contributed by atoms with Crippen molar-refractivity contribution in [2.45, 2.75) is 0 Å². The second kappa shape index (κ2) is 10.7. The molecule has 0 atom stereocenters. The van der Waals surface area contributed by atoms with Crippen LogP contribution >= 0.6 is 11.6 Å². The summed E-state index contributed by atoms with van der Waals surface area (Å²) in [5.41, 5.74) is 4.86. The lowest BCUT2D eigenvalue weighted by molar-refractivity contribution is -0.106. The van der Waals surface area contributed by atoms with Gasteiger partial charge in [-0.05, 0) is 47.5 Å². The number of nitrogens with zero attached hydrogens (tertiary/aromatic N) is 4. The fraction of sp³-hybridized carbons (Fsp3) is 0.214. The fourth-order valence-corrected chi connectivity index (χ4v) is 4.91. The smallest absolute Gasteiger partial charge is 0.218 e. The summed E-state index contributed by atoms with van der Waals surface area (Å²) in [6.45, 7) is 3.35. The van der Waals surface area contributed by atoms with Gasteiger partial charge in [0.15, 0.2) is 0 Å². The molecule has 0 radical (unpaired) electrons. The zero-order valence-corrected chi connectivity index (χ0v) is 21.8. The Hall–Kier alpha value is -4.08. The SMILES string of the molecule is CN(C)/C=C\N(C=O)c1ccc(-c2cc(F)cc(-c3cc(N4CCNCC4)c4nc[nH]c4c3)c2O)cc1Cl. The molecule has 3 aromatic carbocycles. The summed E-state index contributed by atoms with van der Waals surface area (Å²) in [5.74, 6) is -0.565. The first-order valence-electron chi connectivity index (χ1n) is 12.2. The third-order valence-corrected chi connectivity index (χ3v) is 6.83. The van der Waals surface area contributed by atoms with Gasteiger partial charge in [-0.2, -0.15) is 0 Å². The van der Waals surface area contributed by atoms with Gasteiger partial charge in [-0.25, -0.2) is 9.37 Å². The van der Waals surface area contributed by atoms with Gasteiger partial charge in [-0.15, -0.1) is 0 Å². The highest BCUT2D eigenvalue weighted by molar-refractivity contribution is 6.34. The molecule has 1 amide bonds. The van der Waals surface area contributed by atoms with E-state index in [1.807, 2.05) is 26.2 Å². The number of piperazine rings is 1. The van der Waals surface area contributed by atoms with E-state index in [0.29, 0.717) is 34.4 Å². The Balaban J connectivity index is 1.58. The molecule has 5 rings (SSSR count). The molecule has 0 saturated carbocycles. The average Bonchev–Trinajstić information content (AvgIpc) is 3.39. The van der Waals surface area contributed by atoms with E-state index < -0.39 is 5.82 Å². The highest BCUT2D eigenvalue weighted by Crippen LogP contribution is 2.43. The van der Waals surface area contributed by atoms with E-state index in [9.17, 15) is 14.3 Å². The number of hydrogen-bond donors (Lipinski definition) is 3. The maximum absolute atomic E-state index is 15.0. The number of phenols is 1. The number of rotatable bonds is 7. The summed E-state index contributed by atoms with van der Waals surface area (Å²) in [6, 6.07) is 11.4. The van der Waals surface area contributed by atoms with E-state index in [2.05, 4.69) is 20.2 Å². The van der Waals surface area contributed by atoms with Gasteiger partial charge in [-0.1, -0.05) is 17.7 Å². The maximum atomic E-state index is 15.0. The summed E-state index contributed by atoms with van der Waals surface area (Å²) < 4.78 is 15.0. The molecule has 10 heteroatoms. The van der Waals surface area contributed by atoms with Crippen LogP contribution in [0, 0.1) is 5.82 Å². The number of aromatic hydroxyl groups is 1. The highest BCUT2D eigenvalue weighted by Gasteiger charge is 2.20. The second-order valence-corrected chi connectivity index (χ2v) is 9.73. The molecular weight excluding hydrogens is 507 g/mol. The topological polar surface area (TPSA) is 87.7 Å². The molecule has 2 heterocycles. The number of fused-ring (bicyclic) bond motifs is 1. The first-order valence-corrected chi connectivity index (χ1v) is 12.6. The minimum absolute atomic E-state index is 0.0694. The first kappa shape index (κ1) is 25.6. The van der Waals surface area contributed by atoms with E-state index >= 15 is 0 Å². The number of halogens is 2. The molecule has 4 aromatic rings. The van der Waals surface area contributed by atoms with Crippen LogP contribution in [0.2, 0.25) is 5.02 Å². The Kier molecular flexibility index (Phi) is 7.22. The van der Waals surface area contributed by atoms with Gasteiger partial charge in [0.1, 0.15) is 17.1 Å². The predicted molar refractivity (Wildman–Crippen MR) is 150 cm³/mol. The molecular formula is C28H28ClFN6O2. The van der Waals surface area contributed by atoms with E-state index in [1.54, 1.807) is 41.8 Å². The zero-order chi connectivity index (χ0) is 26.8. The molecule has 1 saturated heterocycles. The van der Waals surface area contributed by atoms with E-state index in [-0.39, 0.29) is 10.8 Å². The Morgan fingerprint density at radius 3 is 2.47 bits per heavy atom. The molecule has 0 spiro atoms. The number of carbonyl (C=O) groups excluding carboxylic acids is 1. The molecule has 1 aromatic heterocycles. The molecule has 1 aliphatic heterocycles. The molecule has 0 bridgehead atoms. The van der Waals surface area contributed by atoms with Crippen molar-refractivity contribution in [2.24, 2.45) is 0 Å². The molecule has 3 N–H and O–H groups in total. The fourth-order valence-electron chi connectivity index (χ4n) is 4.63. The molecule has 38 heavy (non-hydrogen) atoms. The minimum atomic E-state index is -0.495. The van der Waals surface area contributed by atoms with Crippen LogP contribution in [-0.2, 0) is 4.79 Å². The van der Waals surface area contributed by atoms with Crippen LogP contribution in [0.25, 0.3) is 33.3 Å². The monoisotopic (exact) mass is 534 g/mol. The van der Waals surface area contributed by atoms with Crippen molar-refractivity contribution in [1.29, 1.82) is 0 Å². The summed E-state index contributed by atoms with van der Waals surface area (Å²) >= 11 is 6.53. The van der Waals surface area contributed by atoms with Crippen LogP contribution in [0.3, 0.4) is 0 Å². The van der Waals surface area contributed by atoms with Crippen molar-refractivity contribution < 1.29 is 14.3 Å². The second-order valence-electron chi connectivity index (χ2n) is 9.32. The lowest BCUT2D eigenvalue weighted by atomic mass is 9.96. The summed E-state index contributed by atoms with van der Waals surface area (Å²) in [5, 5.41) is 15.0. The first-order chi connectivity index (χ1) is 18.4. The summed E-state index contributed by atoms with van der Waals surface area (Å²) in [6.07, 6.45) is 5.60. The maximum Gasteiger partial charge on any atom is 0.218 e. The number of H-pyrrole nitrogens is 1. The number of aromatic amines is 1. The lowest BCUT2D eigenvalue weighted by Crippen LogP contribution is -2.43. The van der Waals surface area contributed by atoms with Gasteiger partial charge in [0.25, 0.3) is 0 Å². The van der Waals surface area contributed by atoms with Crippen molar-refractivity contribution in [1.82, 2.24) is 20.2 Å². The van der Waals surface area contributed by atoms with Crippen LogP contribution in [-0.4, -0.2) is 66.7 Å². The lowest BCUT2D eigenvalue weighted by Gasteiger charge is -2.30. The Labute approximate surface area is 224 Å². The van der Waals surface area contributed by atoms with Crippen LogP contribution in [0.15, 0.2) is 61.2 Å². The van der Waals surface area contributed by atoms with Crippen LogP contribution in [0.4, 0.5) is 15.8 Å². The number of carbonyl (C=O) groups is 1. The van der Waals surface area contributed by atoms with Gasteiger partial charge >= 0.3 is 0 Å². The van der Waals surface area contributed by atoms with Crippen molar-refractivity contribution in [3.8, 4) is 28.0 Å². The van der Waals surface area contributed by atoms with Crippen molar-refractivity contribution in [3.05, 3.63) is 72.0 Å². The number of anilines is 2. The molecule has 0 unspecified atom stereocenters. The Morgan fingerprint density at radius 1 is 1.05 bits per heavy atom. The average molecular weight is 535 g/mol. The van der Waals surface area contributed by atoms with Crippen LogP contribution in [0.5, 0.6) is 5.75 Å². The van der Waals surface area contributed by atoms with Gasteiger partial charge in [0.2, 0.25) is 6.41 Å². The highest BCUT2D eigenvalue weighted by atomic mass is 35.5. The Bertz CT molecular complexity index is 1510. The van der Waals surface area contributed by atoms with Crippen molar-refractivity contribution in [3.63, 3.8) is 0 Å². The zero-order valence-electron chi connectivity index (χ0n) is 21.1. The third kappa shape index (κ3) is 5.03. The van der Waals surface area contributed by atoms with Crippen molar-refractivity contribution >= 4 is 40.4 Å². The van der Waals surface area contributed by atoms with Crippen LogP contribution in [0.1, 0.15) is 0 Å². The number of imidazole rings is 1. The third-order valence-electron chi connectivity index (χ3n) is 6.52. The number of hydrogen-bond acceptors (Lipinski definition) is 6. The Morgan fingerprint density at radius 2 is 1.79 bits per heavy atom. The molecule has 8 nitrogen and oxygen atoms in total. The number of phenolic OH excluding ortho intramolecular Hbond substituents is 1. The van der Waals surface area contributed by atoms with E-state index in [0.717, 1.165) is 42.9 Å². The molecule has 1 aliphatic rings. The van der Waals surface area contributed by atoms with Gasteiger partial charge in [0.05, 0.1) is 28.2 Å². The molecule has 1 fully saturated rings. The number of benzene rings is 3. The van der Waals surface area contributed by atoms with Gasteiger partial charge < -0.3 is 25.2 Å². The van der Waals surface area contributed by atoms with E-state index in [4.69, 9.17) is 11.6 Å². The quantitative estimate of drug-likeness (QED) is 0.295. The van der Waals surface area contributed by atoms with E-state index in [1.165, 1.54) is 17.0 Å². The largest absolute Gasteiger partial charge is 0.507 e. The normalized spacial score (nSPS) is 13.8. The van der Waals surface area contributed by atoms with Crippen LogP contribution < -0.4 is 15.1 Å².